The summed E-state index contributed by atoms with van der Waals surface area (Å²) in [6, 6.07) is 10.7. The van der Waals surface area contributed by atoms with Gasteiger partial charge in [-0.1, -0.05) is 46.3 Å². The minimum absolute atomic E-state index is 0.0494. The molecule has 1 atom stereocenters. The van der Waals surface area contributed by atoms with Crippen LogP contribution in [0.15, 0.2) is 53.0 Å². The number of hydrogen-bond acceptors (Lipinski definition) is 5. The third-order valence-electron chi connectivity index (χ3n) is 3.40. The van der Waals surface area contributed by atoms with Crippen molar-refractivity contribution in [3.8, 4) is 5.75 Å². The quantitative estimate of drug-likeness (QED) is 0.620. The van der Waals surface area contributed by atoms with E-state index in [1.54, 1.807) is 24.3 Å². The Bertz CT molecular complexity index is 858. The highest BCUT2D eigenvalue weighted by molar-refractivity contribution is 9.10. The zero-order valence-electron chi connectivity index (χ0n) is 13.3. The Morgan fingerprint density at radius 2 is 1.81 bits per heavy atom. The van der Waals surface area contributed by atoms with Crippen LogP contribution < -0.4 is 5.32 Å². The predicted molar refractivity (Wildman–Crippen MR) is 96.1 cm³/mol. The number of carbonyl (C=O) groups is 2. The van der Waals surface area contributed by atoms with E-state index in [1.807, 2.05) is 0 Å². The number of halogens is 1. The Kier molecular flexibility index (Phi) is 6.54. The monoisotopic (exact) mass is 419 g/mol. The number of amides is 1. The fourth-order valence-corrected chi connectivity index (χ4v) is 2.50. The van der Waals surface area contributed by atoms with Crippen LogP contribution in [0.5, 0.6) is 5.75 Å². The number of carboxylic acids is 1. The molecule has 0 unspecified atom stereocenters. The molecule has 0 radical (unpaired) electrons. The number of nitrogens with one attached hydrogen (secondary N) is 1. The zero-order chi connectivity index (χ0) is 19.1. The summed E-state index contributed by atoms with van der Waals surface area (Å²) in [5.41, 5.74) is 0.603. The maximum atomic E-state index is 12.0. The Morgan fingerprint density at radius 3 is 2.38 bits per heavy atom. The normalized spacial score (nSPS) is 11.1. The second kappa shape index (κ2) is 8.84. The zero-order valence-corrected chi connectivity index (χ0v) is 14.9. The Labute approximate surface area is 157 Å². The molecule has 0 spiro atoms. The van der Waals surface area contributed by atoms with E-state index in [2.05, 4.69) is 21.2 Å². The van der Waals surface area contributed by atoms with Crippen molar-refractivity contribution in [1.29, 1.82) is 0 Å². The van der Waals surface area contributed by atoms with Crippen LogP contribution in [0.2, 0.25) is 0 Å². The summed E-state index contributed by atoms with van der Waals surface area (Å²) in [5.74, 6) is 0.0348. The number of aliphatic carboxylic acids is 1. The first-order valence-electron chi connectivity index (χ1n) is 7.36. The molecule has 0 aromatic heterocycles. The first-order chi connectivity index (χ1) is 12.4. The highest BCUT2D eigenvalue weighted by Crippen LogP contribution is 2.20. The van der Waals surface area contributed by atoms with Crippen LogP contribution in [0.1, 0.15) is 11.1 Å². The molecule has 0 aliphatic heterocycles. The van der Waals surface area contributed by atoms with Gasteiger partial charge in [-0.3, -0.25) is 0 Å². The highest BCUT2D eigenvalue weighted by atomic mass is 79.9. The van der Waals surface area contributed by atoms with E-state index >= 15 is 0 Å². The number of aromatic hydroxyl groups is 1. The van der Waals surface area contributed by atoms with Crippen molar-refractivity contribution in [2.45, 2.75) is 12.6 Å². The van der Waals surface area contributed by atoms with Crippen molar-refractivity contribution >= 4 is 39.5 Å². The van der Waals surface area contributed by atoms with Crippen molar-refractivity contribution in [3.63, 3.8) is 0 Å². The SMILES string of the molecule is O=C=C(c1ccc(O)cc1)[C@H](NC(=O)OCc1ccccc1Br)C(=O)O. The van der Waals surface area contributed by atoms with Gasteiger partial charge in [0.05, 0.1) is 5.57 Å². The topological polar surface area (TPSA) is 113 Å². The fraction of sp³-hybridized carbons (Fsp3) is 0.111. The first-order valence-corrected chi connectivity index (χ1v) is 8.15. The second-order valence-corrected chi connectivity index (χ2v) is 6.00. The molecule has 0 saturated carbocycles. The molecule has 0 aliphatic carbocycles. The molecule has 0 fully saturated rings. The Hall–Kier alpha value is -3.09. The number of carboxylic acid groups (broad SMARTS) is 1. The van der Waals surface area contributed by atoms with Gasteiger partial charge in [0.2, 0.25) is 0 Å². The molecule has 8 heteroatoms. The molecule has 0 bridgehead atoms. The molecule has 134 valence electrons. The third-order valence-corrected chi connectivity index (χ3v) is 4.18. The van der Waals surface area contributed by atoms with Gasteiger partial charge in [0, 0.05) is 10.0 Å². The van der Waals surface area contributed by atoms with Crippen molar-refractivity contribution in [3.05, 3.63) is 64.1 Å². The summed E-state index contributed by atoms with van der Waals surface area (Å²) in [4.78, 5) is 34.7. The lowest BCUT2D eigenvalue weighted by molar-refractivity contribution is -0.137. The van der Waals surface area contributed by atoms with Gasteiger partial charge in [-0.15, -0.1) is 0 Å². The van der Waals surface area contributed by atoms with Crippen molar-refractivity contribution < 1.29 is 29.3 Å². The van der Waals surface area contributed by atoms with Crippen LogP contribution in [0, 0.1) is 0 Å². The molecule has 1 amide bonds. The van der Waals surface area contributed by atoms with Gasteiger partial charge in [-0.25, -0.2) is 14.4 Å². The number of rotatable bonds is 6. The summed E-state index contributed by atoms with van der Waals surface area (Å²) in [6.45, 7) is -0.0844. The molecule has 2 aromatic rings. The average Bonchev–Trinajstić information content (AvgIpc) is 2.62. The lowest BCUT2D eigenvalue weighted by Gasteiger charge is -2.16. The van der Waals surface area contributed by atoms with Crippen LogP contribution in [0.25, 0.3) is 5.57 Å². The smallest absolute Gasteiger partial charge is 0.408 e. The standard InChI is InChI=1S/C18H14BrNO6/c19-15-4-2-1-3-12(15)10-26-18(25)20-16(17(23)24)14(9-21)11-5-7-13(22)8-6-11/h1-8,16,22H,10H2,(H,20,25)(H,23,24)/t16-/m0/s1. The predicted octanol–water partition coefficient (Wildman–Crippen LogP) is 2.75. The third kappa shape index (κ3) is 4.95. The van der Waals surface area contributed by atoms with E-state index in [9.17, 15) is 24.6 Å². The molecular weight excluding hydrogens is 406 g/mol. The van der Waals surface area contributed by atoms with Crippen LogP contribution in [-0.4, -0.2) is 34.3 Å². The van der Waals surface area contributed by atoms with Crippen LogP contribution >= 0.6 is 15.9 Å². The van der Waals surface area contributed by atoms with E-state index in [0.29, 0.717) is 5.56 Å². The molecule has 2 rings (SSSR count). The fourth-order valence-electron chi connectivity index (χ4n) is 2.10. The van der Waals surface area contributed by atoms with E-state index in [1.165, 1.54) is 30.2 Å². The minimum atomic E-state index is -1.65. The van der Waals surface area contributed by atoms with Crippen molar-refractivity contribution in [2.24, 2.45) is 0 Å². The maximum Gasteiger partial charge on any atom is 0.408 e. The highest BCUT2D eigenvalue weighted by Gasteiger charge is 2.27. The van der Waals surface area contributed by atoms with Crippen LogP contribution in [0.4, 0.5) is 4.79 Å². The van der Waals surface area contributed by atoms with Crippen LogP contribution in [-0.2, 0) is 20.9 Å². The largest absolute Gasteiger partial charge is 0.508 e. The number of phenols is 1. The summed E-state index contributed by atoms with van der Waals surface area (Å²) in [5, 5.41) is 20.8. The second-order valence-electron chi connectivity index (χ2n) is 5.15. The summed E-state index contributed by atoms with van der Waals surface area (Å²) in [7, 11) is 0. The maximum absolute atomic E-state index is 12.0. The summed E-state index contributed by atoms with van der Waals surface area (Å²) < 4.78 is 5.75. The lowest BCUT2D eigenvalue weighted by Crippen LogP contribution is -2.42. The lowest BCUT2D eigenvalue weighted by atomic mass is 10.00. The minimum Gasteiger partial charge on any atom is -0.508 e. The number of ether oxygens (including phenoxy) is 1. The molecule has 0 heterocycles. The van der Waals surface area contributed by atoms with E-state index in [0.717, 1.165) is 4.47 Å². The van der Waals surface area contributed by atoms with Gasteiger partial charge in [-0.2, -0.15) is 0 Å². The van der Waals surface area contributed by atoms with Gasteiger partial charge < -0.3 is 20.3 Å². The molecule has 26 heavy (non-hydrogen) atoms. The molecule has 2 aromatic carbocycles. The summed E-state index contributed by atoms with van der Waals surface area (Å²) >= 11 is 3.31. The van der Waals surface area contributed by atoms with Gasteiger partial charge in [0.15, 0.2) is 6.04 Å². The number of alkyl carbamates (subject to hydrolysis) is 1. The van der Waals surface area contributed by atoms with E-state index in [4.69, 9.17) is 4.74 Å². The van der Waals surface area contributed by atoms with Crippen molar-refractivity contribution in [1.82, 2.24) is 5.32 Å². The van der Waals surface area contributed by atoms with Crippen molar-refractivity contribution in [2.75, 3.05) is 0 Å². The average molecular weight is 420 g/mol. The van der Waals surface area contributed by atoms with Gasteiger partial charge >= 0.3 is 12.1 Å². The van der Waals surface area contributed by atoms with Crippen LogP contribution in [0.3, 0.4) is 0 Å². The molecular formula is C18H14BrNO6. The summed E-state index contributed by atoms with van der Waals surface area (Å²) in [6.07, 6.45) is -1.00. The Balaban J connectivity index is 2.10. The molecule has 7 nitrogen and oxygen atoms in total. The number of phenolic OH excluding ortho intramolecular Hbond substituents is 1. The molecule has 3 N–H and O–H groups in total. The number of benzene rings is 2. The van der Waals surface area contributed by atoms with Gasteiger partial charge in [0.25, 0.3) is 0 Å². The molecule has 0 saturated heterocycles. The van der Waals surface area contributed by atoms with Gasteiger partial charge in [0.1, 0.15) is 18.3 Å². The Morgan fingerprint density at radius 1 is 1.15 bits per heavy atom. The van der Waals surface area contributed by atoms with E-state index in [-0.39, 0.29) is 23.5 Å². The number of hydrogen-bond donors (Lipinski definition) is 3. The first kappa shape index (κ1) is 19.2. The van der Waals surface area contributed by atoms with E-state index < -0.39 is 18.1 Å². The molecule has 0 aliphatic rings. The number of carbonyl (C=O) groups excluding carboxylic acids is 2. The van der Waals surface area contributed by atoms with Gasteiger partial charge in [-0.05, 0) is 23.8 Å².